The van der Waals surface area contributed by atoms with Gasteiger partial charge in [-0.2, -0.15) is 17.6 Å². The molecular weight excluding hydrogens is 416 g/mol. The van der Waals surface area contributed by atoms with Crippen molar-refractivity contribution in [2.45, 2.75) is 24.0 Å². The monoisotopic (exact) mass is 436 g/mol. The van der Waals surface area contributed by atoms with Gasteiger partial charge in [-0.25, -0.2) is 0 Å². The van der Waals surface area contributed by atoms with E-state index in [4.69, 9.17) is 17.0 Å². The van der Waals surface area contributed by atoms with Crippen molar-refractivity contribution in [3.05, 3.63) is 108 Å². The minimum absolute atomic E-state index is 0.170. The molecular formula is C23H20N2O3S2. The van der Waals surface area contributed by atoms with Crippen molar-refractivity contribution < 1.29 is 13.2 Å². The van der Waals surface area contributed by atoms with E-state index in [2.05, 4.69) is 5.10 Å². The molecule has 30 heavy (non-hydrogen) atoms. The van der Waals surface area contributed by atoms with Crippen molar-refractivity contribution in [2.24, 2.45) is 0 Å². The van der Waals surface area contributed by atoms with Gasteiger partial charge in [-0.1, -0.05) is 72.4 Å². The zero-order chi connectivity index (χ0) is 21.2. The van der Waals surface area contributed by atoms with Crippen molar-refractivity contribution in [3.63, 3.8) is 0 Å². The maximum Gasteiger partial charge on any atom is 0.282 e. The number of hydrogen-bond acceptors (Lipinski definition) is 5. The van der Waals surface area contributed by atoms with E-state index in [-0.39, 0.29) is 4.90 Å². The van der Waals surface area contributed by atoms with E-state index in [0.717, 1.165) is 15.2 Å². The fourth-order valence-electron chi connectivity index (χ4n) is 3.17. The van der Waals surface area contributed by atoms with E-state index in [1.807, 2.05) is 55.5 Å². The minimum atomic E-state index is -3.82. The molecule has 3 aromatic rings. The summed E-state index contributed by atoms with van der Waals surface area (Å²) in [7, 11) is -3.82. The molecule has 1 aliphatic carbocycles. The van der Waals surface area contributed by atoms with Crippen LogP contribution in [0.5, 0.6) is 0 Å². The molecule has 1 atom stereocenters. The smallest absolute Gasteiger partial charge is 0.282 e. The molecule has 0 saturated heterocycles. The third kappa shape index (κ3) is 3.79. The molecule has 1 unspecified atom stereocenters. The van der Waals surface area contributed by atoms with E-state index < -0.39 is 15.6 Å². The number of rotatable bonds is 6. The molecule has 0 N–H and O–H groups in total. The van der Waals surface area contributed by atoms with Crippen molar-refractivity contribution in [1.29, 1.82) is 0 Å². The Bertz CT molecular complexity index is 1230. The van der Waals surface area contributed by atoms with Crippen molar-refractivity contribution in [2.75, 3.05) is 0 Å². The molecule has 2 aromatic carbocycles. The third-order valence-corrected chi connectivity index (χ3v) is 6.88. The van der Waals surface area contributed by atoms with Gasteiger partial charge < -0.3 is 4.74 Å². The average molecular weight is 437 g/mol. The average Bonchev–Trinajstić information content (AvgIpc) is 3.26. The summed E-state index contributed by atoms with van der Waals surface area (Å²) in [6, 6.07) is 18.0. The predicted octanol–water partition coefficient (Wildman–Crippen LogP) is 4.34. The Labute approximate surface area is 181 Å². The van der Waals surface area contributed by atoms with Crippen LogP contribution in [0, 0.1) is 6.92 Å². The second-order valence-corrected chi connectivity index (χ2v) is 9.22. The highest BCUT2D eigenvalue weighted by Gasteiger charge is 2.38. The Morgan fingerprint density at radius 2 is 1.77 bits per heavy atom. The van der Waals surface area contributed by atoms with Gasteiger partial charge in [0.15, 0.2) is 5.60 Å². The Hall–Kier alpha value is -2.87. The van der Waals surface area contributed by atoms with E-state index in [1.165, 1.54) is 6.20 Å². The van der Waals surface area contributed by atoms with Gasteiger partial charge >= 0.3 is 0 Å². The number of aromatic nitrogens is 2. The highest BCUT2D eigenvalue weighted by atomic mass is 32.2. The van der Waals surface area contributed by atoms with Crippen LogP contribution in [0.4, 0.5) is 0 Å². The third-order valence-electron chi connectivity index (χ3n) is 4.88. The highest BCUT2D eigenvalue weighted by molar-refractivity contribution is 7.89. The molecule has 1 aromatic heterocycles. The molecule has 5 nitrogen and oxygen atoms in total. The molecule has 0 aliphatic heterocycles. The first-order valence-electron chi connectivity index (χ1n) is 9.38. The molecule has 0 spiro atoms. The molecule has 1 heterocycles. The molecule has 4 rings (SSSR count). The topological polar surface area (TPSA) is 61.2 Å². The predicted molar refractivity (Wildman–Crippen MR) is 120 cm³/mol. The van der Waals surface area contributed by atoms with E-state index in [0.29, 0.717) is 17.2 Å². The lowest BCUT2D eigenvalue weighted by molar-refractivity contribution is 0.0258. The van der Waals surface area contributed by atoms with E-state index in [9.17, 15) is 8.42 Å². The number of aryl methyl sites for hydroxylation is 1. The quantitative estimate of drug-likeness (QED) is 0.538. The van der Waals surface area contributed by atoms with Gasteiger partial charge in [0.25, 0.3) is 10.0 Å². The van der Waals surface area contributed by atoms with Crippen LogP contribution in [0.25, 0.3) is 0 Å². The van der Waals surface area contributed by atoms with Crippen LogP contribution in [0.2, 0.25) is 0 Å². The van der Waals surface area contributed by atoms with Crippen molar-refractivity contribution in [1.82, 2.24) is 9.19 Å². The lowest BCUT2D eigenvalue weighted by Crippen LogP contribution is -2.36. The molecule has 0 amide bonds. The van der Waals surface area contributed by atoms with Gasteiger partial charge in [-0.05, 0) is 42.8 Å². The molecule has 0 fully saturated rings. The number of benzene rings is 2. The number of hydrogen-bond donors (Lipinski definition) is 0. The van der Waals surface area contributed by atoms with Gasteiger partial charge in [-0.3, -0.25) is 0 Å². The van der Waals surface area contributed by atoms with E-state index >= 15 is 0 Å². The molecule has 7 heteroatoms. The standard InChI is InChI=1S/C23H20N2O3S2/c1-18-10-12-20(13-11-18)30(26,27)25-16-14-21(24-25)23(15-6-5-9-22(23)29)28-17-19-7-3-2-4-8-19/h2-16H,17H2,1H3. The number of nitrogens with zero attached hydrogens (tertiary/aromatic N) is 2. The first-order chi connectivity index (χ1) is 14.4. The first kappa shape index (κ1) is 20.4. The van der Waals surface area contributed by atoms with Crippen LogP contribution in [0.1, 0.15) is 16.8 Å². The van der Waals surface area contributed by atoms with Gasteiger partial charge in [0.1, 0.15) is 5.69 Å². The molecule has 1 aliphatic rings. The fourth-order valence-corrected chi connectivity index (χ4v) is 4.60. The second kappa shape index (κ2) is 8.10. The van der Waals surface area contributed by atoms with Crippen molar-refractivity contribution >= 4 is 27.1 Å². The SMILES string of the molecule is Cc1ccc(S(=O)(=O)n2ccc(C3(OCc4ccccc4)C=CC=CC3=S)n2)cc1. The minimum Gasteiger partial charge on any atom is -0.354 e. The van der Waals surface area contributed by atoms with Crippen LogP contribution in [0.3, 0.4) is 0 Å². The van der Waals surface area contributed by atoms with Crippen LogP contribution in [0.15, 0.2) is 96.1 Å². The summed E-state index contributed by atoms with van der Waals surface area (Å²) in [4.78, 5) is 0.683. The summed E-state index contributed by atoms with van der Waals surface area (Å²) in [6.45, 7) is 2.21. The van der Waals surface area contributed by atoms with Crippen LogP contribution in [-0.2, 0) is 27.0 Å². The second-order valence-electron chi connectivity index (χ2n) is 6.98. The fraction of sp³-hybridized carbons (Fsp3) is 0.130. The van der Waals surface area contributed by atoms with Crippen molar-refractivity contribution in [3.8, 4) is 0 Å². The molecule has 152 valence electrons. The maximum atomic E-state index is 13.0. The Balaban J connectivity index is 1.70. The lowest BCUT2D eigenvalue weighted by atomic mass is 9.91. The Morgan fingerprint density at radius 1 is 1.03 bits per heavy atom. The zero-order valence-electron chi connectivity index (χ0n) is 16.3. The molecule has 0 bridgehead atoms. The van der Waals surface area contributed by atoms with Gasteiger partial charge in [0.2, 0.25) is 0 Å². The maximum absolute atomic E-state index is 13.0. The lowest BCUT2D eigenvalue weighted by Gasteiger charge is -2.30. The first-order valence-corrected chi connectivity index (χ1v) is 11.2. The summed E-state index contributed by atoms with van der Waals surface area (Å²) in [5, 5.41) is 4.37. The van der Waals surface area contributed by atoms with E-state index in [1.54, 1.807) is 36.4 Å². The number of ether oxygens (including phenoxy) is 1. The number of thiocarbonyl (C=S) groups is 1. The summed E-state index contributed by atoms with van der Waals surface area (Å²) in [6.07, 6.45) is 8.66. The largest absolute Gasteiger partial charge is 0.354 e. The number of allylic oxidation sites excluding steroid dienone is 2. The van der Waals surface area contributed by atoms with Gasteiger partial charge in [0.05, 0.1) is 16.4 Å². The van der Waals surface area contributed by atoms with Gasteiger partial charge in [-0.15, -0.1) is 0 Å². The van der Waals surface area contributed by atoms with Gasteiger partial charge in [0, 0.05) is 6.20 Å². The summed E-state index contributed by atoms with van der Waals surface area (Å²) < 4.78 is 33.2. The van der Waals surface area contributed by atoms with Crippen LogP contribution < -0.4 is 0 Å². The highest BCUT2D eigenvalue weighted by Crippen LogP contribution is 2.33. The summed E-state index contributed by atoms with van der Waals surface area (Å²) in [5.41, 5.74) is 1.26. The normalized spacial score (nSPS) is 18.6. The molecule has 0 saturated carbocycles. The Kier molecular flexibility index (Phi) is 5.51. The van der Waals surface area contributed by atoms with Crippen LogP contribution in [-0.4, -0.2) is 22.5 Å². The van der Waals surface area contributed by atoms with Crippen LogP contribution >= 0.6 is 12.2 Å². The molecule has 0 radical (unpaired) electrons. The summed E-state index contributed by atoms with van der Waals surface area (Å²) in [5.74, 6) is 0. The zero-order valence-corrected chi connectivity index (χ0v) is 17.9. The Morgan fingerprint density at radius 3 is 2.47 bits per heavy atom. The summed E-state index contributed by atoms with van der Waals surface area (Å²) >= 11 is 5.59.